The average Bonchev–Trinajstić information content (AvgIpc) is 2.58. The minimum atomic E-state index is -3.20. The fraction of sp³-hybridized carbons (Fsp3) is 0.611. The number of sulfone groups is 1. The van der Waals surface area contributed by atoms with Crippen molar-refractivity contribution in [3.05, 3.63) is 24.3 Å². The lowest BCUT2D eigenvalue weighted by Crippen LogP contribution is -2.51. The molecule has 1 saturated heterocycles. The summed E-state index contributed by atoms with van der Waals surface area (Å²) in [5.74, 6) is 1.19. The Bertz CT molecular complexity index is 673. The van der Waals surface area contributed by atoms with Crippen molar-refractivity contribution in [2.75, 3.05) is 26.0 Å². The van der Waals surface area contributed by atoms with Crippen LogP contribution in [0.3, 0.4) is 0 Å². The molecule has 1 aromatic carbocycles. The Morgan fingerprint density at radius 3 is 2.60 bits per heavy atom. The molecule has 2 atom stereocenters. The van der Waals surface area contributed by atoms with Crippen molar-refractivity contribution in [2.45, 2.75) is 43.5 Å². The normalized spacial score (nSPS) is 21.2. The number of piperidine rings is 1. The maximum atomic E-state index is 12.4. The molecular formula is C18H28N2O4S. The van der Waals surface area contributed by atoms with Gasteiger partial charge in [-0.05, 0) is 49.4 Å². The number of likely N-dealkylation sites (tertiary alicyclic amines) is 1. The van der Waals surface area contributed by atoms with E-state index in [0.29, 0.717) is 37.7 Å². The maximum Gasteiger partial charge on any atom is 0.222 e. The summed E-state index contributed by atoms with van der Waals surface area (Å²) in [6.45, 7) is 3.87. The van der Waals surface area contributed by atoms with Crippen LogP contribution in [0.15, 0.2) is 29.2 Å². The molecule has 0 bridgehead atoms. The first-order chi connectivity index (χ1) is 11.8. The van der Waals surface area contributed by atoms with E-state index in [1.54, 1.807) is 12.1 Å². The Labute approximate surface area is 150 Å². The molecule has 7 heteroatoms. The Hall–Kier alpha value is -1.60. The lowest BCUT2D eigenvalue weighted by molar-refractivity contribution is -0.136. The number of carbonyl (C=O) groups excluding carboxylic acids is 1. The molecule has 1 amide bonds. The predicted molar refractivity (Wildman–Crippen MR) is 97.2 cm³/mol. The average molecular weight is 368 g/mol. The van der Waals surface area contributed by atoms with E-state index < -0.39 is 9.84 Å². The van der Waals surface area contributed by atoms with Crippen molar-refractivity contribution < 1.29 is 17.9 Å². The Kier molecular flexibility index (Phi) is 6.84. The Morgan fingerprint density at radius 1 is 1.32 bits per heavy atom. The second-order valence-corrected chi connectivity index (χ2v) is 8.72. The maximum absolute atomic E-state index is 12.4. The van der Waals surface area contributed by atoms with Gasteiger partial charge in [-0.3, -0.25) is 4.79 Å². The zero-order valence-corrected chi connectivity index (χ0v) is 15.8. The van der Waals surface area contributed by atoms with Crippen molar-refractivity contribution in [3.63, 3.8) is 0 Å². The van der Waals surface area contributed by atoms with Gasteiger partial charge in [-0.15, -0.1) is 0 Å². The first-order valence-corrected chi connectivity index (χ1v) is 10.6. The number of nitrogens with zero attached hydrogens (tertiary/aromatic N) is 1. The van der Waals surface area contributed by atoms with Gasteiger partial charge in [0.05, 0.1) is 11.5 Å². The molecular weight excluding hydrogens is 340 g/mol. The number of nitrogens with two attached hydrogens (primary N) is 1. The molecule has 1 aliphatic rings. The van der Waals surface area contributed by atoms with Crippen molar-refractivity contribution in [2.24, 2.45) is 11.7 Å². The van der Waals surface area contributed by atoms with E-state index in [9.17, 15) is 13.2 Å². The zero-order chi connectivity index (χ0) is 18.4. The fourth-order valence-corrected chi connectivity index (χ4v) is 3.89. The van der Waals surface area contributed by atoms with Gasteiger partial charge in [-0.1, -0.05) is 6.92 Å². The van der Waals surface area contributed by atoms with Crippen LogP contribution in [0.1, 0.15) is 32.6 Å². The molecule has 0 saturated carbocycles. The van der Waals surface area contributed by atoms with E-state index >= 15 is 0 Å². The van der Waals surface area contributed by atoms with Gasteiger partial charge in [0.2, 0.25) is 5.91 Å². The third kappa shape index (κ3) is 5.44. The molecule has 2 rings (SSSR count). The molecule has 1 aliphatic heterocycles. The molecule has 0 spiro atoms. The van der Waals surface area contributed by atoms with Crippen LogP contribution < -0.4 is 10.5 Å². The third-order valence-electron chi connectivity index (χ3n) is 4.73. The zero-order valence-electron chi connectivity index (χ0n) is 15.0. The van der Waals surface area contributed by atoms with Gasteiger partial charge in [0.1, 0.15) is 5.75 Å². The molecule has 6 nitrogen and oxygen atoms in total. The highest BCUT2D eigenvalue weighted by molar-refractivity contribution is 7.90. The highest BCUT2D eigenvalue weighted by Gasteiger charge is 2.30. The standard InChI is InChI=1S/C18H28N2O4S/c1-14-5-3-11-20(17(14)13-19)18(21)6-4-12-24-15-7-9-16(10-8-15)25(2,22)23/h7-10,14,17H,3-6,11-13,19H2,1-2H3/t14-,17+/m1/s1. The van der Waals surface area contributed by atoms with Crippen LogP contribution in [0, 0.1) is 5.92 Å². The summed E-state index contributed by atoms with van der Waals surface area (Å²) >= 11 is 0. The number of amides is 1. The molecule has 0 unspecified atom stereocenters. The molecule has 1 heterocycles. The first kappa shape index (κ1) is 19.7. The topological polar surface area (TPSA) is 89.7 Å². The number of carbonyl (C=O) groups is 1. The minimum absolute atomic E-state index is 0.137. The second kappa shape index (κ2) is 8.67. The van der Waals surface area contributed by atoms with Crippen LogP contribution in [-0.2, 0) is 14.6 Å². The number of rotatable bonds is 7. The lowest BCUT2D eigenvalue weighted by Gasteiger charge is -2.39. The van der Waals surface area contributed by atoms with Crippen LogP contribution in [0.5, 0.6) is 5.75 Å². The third-order valence-corrected chi connectivity index (χ3v) is 5.86. The highest BCUT2D eigenvalue weighted by atomic mass is 32.2. The van der Waals surface area contributed by atoms with Gasteiger partial charge in [0.25, 0.3) is 0 Å². The van der Waals surface area contributed by atoms with E-state index in [1.165, 1.54) is 18.4 Å². The summed E-state index contributed by atoms with van der Waals surface area (Å²) < 4.78 is 28.4. The molecule has 25 heavy (non-hydrogen) atoms. The molecule has 0 radical (unpaired) electrons. The highest BCUT2D eigenvalue weighted by Crippen LogP contribution is 2.23. The lowest BCUT2D eigenvalue weighted by atomic mass is 9.90. The summed E-state index contributed by atoms with van der Waals surface area (Å²) in [7, 11) is -3.20. The van der Waals surface area contributed by atoms with Crippen molar-refractivity contribution in [1.82, 2.24) is 4.90 Å². The van der Waals surface area contributed by atoms with Gasteiger partial charge in [0.15, 0.2) is 9.84 Å². The molecule has 1 aromatic rings. The number of hydrogen-bond donors (Lipinski definition) is 1. The summed E-state index contributed by atoms with van der Waals surface area (Å²) in [4.78, 5) is 14.6. The SMILES string of the molecule is C[C@@H]1CCCN(C(=O)CCCOc2ccc(S(C)(=O)=O)cc2)[C@H]1CN. The number of hydrogen-bond acceptors (Lipinski definition) is 5. The van der Waals surface area contributed by atoms with E-state index in [-0.39, 0.29) is 16.8 Å². The molecule has 1 fully saturated rings. The van der Waals surface area contributed by atoms with Gasteiger partial charge >= 0.3 is 0 Å². The summed E-state index contributed by atoms with van der Waals surface area (Å²) in [6.07, 6.45) is 4.38. The van der Waals surface area contributed by atoms with Crippen LogP contribution in [0.4, 0.5) is 0 Å². The van der Waals surface area contributed by atoms with E-state index in [4.69, 9.17) is 10.5 Å². The van der Waals surface area contributed by atoms with E-state index in [0.717, 1.165) is 19.4 Å². The minimum Gasteiger partial charge on any atom is -0.494 e. The van der Waals surface area contributed by atoms with Gasteiger partial charge in [0, 0.05) is 31.8 Å². The van der Waals surface area contributed by atoms with Crippen molar-refractivity contribution in [1.29, 1.82) is 0 Å². The van der Waals surface area contributed by atoms with Crippen LogP contribution >= 0.6 is 0 Å². The van der Waals surface area contributed by atoms with E-state index in [1.807, 2.05) is 4.90 Å². The monoisotopic (exact) mass is 368 g/mol. The first-order valence-electron chi connectivity index (χ1n) is 8.75. The Balaban J connectivity index is 1.78. The summed E-state index contributed by atoms with van der Waals surface area (Å²) in [5.41, 5.74) is 5.83. The molecule has 0 aliphatic carbocycles. The summed E-state index contributed by atoms with van der Waals surface area (Å²) in [6, 6.07) is 6.46. The summed E-state index contributed by atoms with van der Waals surface area (Å²) in [5, 5.41) is 0. The Morgan fingerprint density at radius 2 is 2.00 bits per heavy atom. The van der Waals surface area contributed by atoms with Crippen LogP contribution in [0.2, 0.25) is 0 Å². The van der Waals surface area contributed by atoms with Gasteiger partial charge in [-0.2, -0.15) is 0 Å². The van der Waals surface area contributed by atoms with E-state index in [2.05, 4.69) is 6.92 Å². The molecule has 0 aromatic heterocycles. The van der Waals surface area contributed by atoms with Crippen molar-refractivity contribution in [3.8, 4) is 5.75 Å². The van der Waals surface area contributed by atoms with Crippen molar-refractivity contribution >= 4 is 15.7 Å². The number of benzene rings is 1. The number of ether oxygens (including phenoxy) is 1. The molecule has 140 valence electrons. The van der Waals surface area contributed by atoms with Gasteiger partial charge < -0.3 is 15.4 Å². The fourth-order valence-electron chi connectivity index (χ4n) is 3.26. The van der Waals surface area contributed by atoms with Crippen LogP contribution in [-0.4, -0.2) is 51.2 Å². The van der Waals surface area contributed by atoms with Gasteiger partial charge in [-0.25, -0.2) is 8.42 Å². The second-order valence-electron chi connectivity index (χ2n) is 6.71. The molecule has 2 N–H and O–H groups in total. The quantitative estimate of drug-likeness (QED) is 0.742. The largest absolute Gasteiger partial charge is 0.494 e. The smallest absolute Gasteiger partial charge is 0.222 e. The van der Waals surface area contributed by atoms with Crippen LogP contribution in [0.25, 0.3) is 0 Å². The predicted octanol–water partition coefficient (Wildman–Crippen LogP) is 1.83.